The van der Waals surface area contributed by atoms with E-state index in [1.54, 1.807) is 60.7 Å². The van der Waals surface area contributed by atoms with E-state index < -0.39 is 72.7 Å². The van der Waals surface area contributed by atoms with Gasteiger partial charge in [0.15, 0.2) is 0 Å². The Bertz CT molecular complexity index is 1690. The quantitative estimate of drug-likeness (QED) is 0.0913. The highest BCUT2D eigenvalue weighted by molar-refractivity contribution is 6.00. The van der Waals surface area contributed by atoms with E-state index in [2.05, 4.69) is 31.9 Å². The molecule has 270 valence electrons. The van der Waals surface area contributed by atoms with Gasteiger partial charge < -0.3 is 48.5 Å². The summed E-state index contributed by atoms with van der Waals surface area (Å²) in [7, 11) is 0. The number of phenols is 1. The van der Waals surface area contributed by atoms with Crippen molar-refractivity contribution in [3.63, 3.8) is 0 Å². The first kappa shape index (κ1) is 37.9. The molecule has 3 aromatic carbocycles. The van der Waals surface area contributed by atoms with E-state index in [1.165, 1.54) is 18.2 Å². The molecule has 51 heavy (non-hydrogen) atoms. The summed E-state index contributed by atoms with van der Waals surface area (Å²) >= 11 is 0. The number of carbonyl (C=O) groups is 6. The van der Waals surface area contributed by atoms with Gasteiger partial charge in [-0.2, -0.15) is 0 Å². The van der Waals surface area contributed by atoms with Crippen molar-refractivity contribution >= 4 is 41.1 Å². The standard InChI is InChI=1S/C36H44N8O7/c37-17-7-6-12-27-34(49)44-30(20-39-32(47)25-10-4-5-11-26(25)38)36(51)43-28(18-22-8-2-1-3-9-22)33(48)40-21-31(46)41-29(35(50)42-27)19-23-13-15-24(45)16-14-23/h1-5,8-11,13-16,27-30,45H,6-7,12,17-21,37-38H2,(H,39,47)(H,40,48)(H,41,46)(H,42,50)(H,43,51)(H,44,49)/t27-,28-,29+,30+/m1/s1. The summed E-state index contributed by atoms with van der Waals surface area (Å²) in [5.41, 5.74) is 13.3. The van der Waals surface area contributed by atoms with Gasteiger partial charge in [-0.15, -0.1) is 0 Å². The summed E-state index contributed by atoms with van der Waals surface area (Å²) < 4.78 is 0. The van der Waals surface area contributed by atoms with Crippen LogP contribution in [0.15, 0.2) is 78.9 Å². The second-order valence-electron chi connectivity index (χ2n) is 12.2. The van der Waals surface area contributed by atoms with E-state index in [1.807, 2.05) is 0 Å². The molecule has 0 aromatic heterocycles. The summed E-state index contributed by atoms with van der Waals surface area (Å²) in [5.74, 6) is -4.19. The number of nitrogen functional groups attached to an aromatic ring is 1. The first-order valence-electron chi connectivity index (χ1n) is 16.7. The zero-order chi connectivity index (χ0) is 36.8. The van der Waals surface area contributed by atoms with Crippen LogP contribution in [0.3, 0.4) is 0 Å². The van der Waals surface area contributed by atoms with Gasteiger partial charge in [-0.25, -0.2) is 0 Å². The van der Waals surface area contributed by atoms with E-state index in [4.69, 9.17) is 11.5 Å². The Labute approximate surface area is 295 Å². The van der Waals surface area contributed by atoms with Gasteiger partial charge in [0.05, 0.1) is 12.1 Å². The minimum absolute atomic E-state index is 0.00309. The normalized spacial score (nSPS) is 20.4. The van der Waals surface area contributed by atoms with Gasteiger partial charge in [0.2, 0.25) is 29.5 Å². The average Bonchev–Trinajstić information content (AvgIpc) is 3.12. The summed E-state index contributed by atoms with van der Waals surface area (Å²) in [6.07, 6.45) is 1.17. The number of hydrogen-bond acceptors (Lipinski definition) is 9. The van der Waals surface area contributed by atoms with Crippen molar-refractivity contribution in [3.05, 3.63) is 95.6 Å². The minimum Gasteiger partial charge on any atom is -0.508 e. The molecule has 0 radical (unpaired) electrons. The van der Waals surface area contributed by atoms with E-state index in [-0.39, 0.29) is 36.3 Å². The molecule has 4 rings (SSSR count). The number of hydrogen-bond donors (Lipinski definition) is 9. The maximum absolute atomic E-state index is 13.9. The van der Waals surface area contributed by atoms with Gasteiger partial charge in [0, 0.05) is 25.1 Å². The molecule has 0 saturated carbocycles. The van der Waals surface area contributed by atoms with Gasteiger partial charge >= 0.3 is 0 Å². The summed E-state index contributed by atoms with van der Waals surface area (Å²) in [5, 5.41) is 25.5. The lowest BCUT2D eigenvalue weighted by molar-refractivity contribution is -0.134. The number of para-hydroxylation sites is 1. The van der Waals surface area contributed by atoms with Crippen LogP contribution in [0.1, 0.15) is 40.7 Å². The number of benzene rings is 3. The number of phenolic OH excluding ortho intramolecular Hbond substituents is 1. The van der Waals surface area contributed by atoms with E-state index in [0.717, 1.165) is 0 Å². The second-order valence-corrected chi connectivity index (χ2v) is 12.2. The van der Waals surface area contributed by atoms with Gasteiger partial charge in [-0.1, -0.05) is 54.6 Å². The lowest BCUT2D eigenvalue weighted by Gasteiger charge is -2.26. The Morgan fingerprint density at radius 2 is 1.25 bits per heavy atom. The molecular formula is C36H44N8O7. The SMILES string of the molecule is NCCCC[C@H]1NC(=O)[C@H](Cc2ccc(O)cc2)NC(=O)CNC(=O)[C@@H](Cc2ccccc2)NC(=O)[C@H](CNC(=O)c2ccccc2N)NC1=O. The molecule has 1 aliphatic heterocycles. The number of nitrogens with two attached hydrogens (primary N) is 2. The zero-order valence-corrected chi connectivity index (χ0v) is 28.0. The fraction of sp³-hybridized carbons (Fsp3) is 0.333. The van der Waals surface area contributed by atoms with Crippen molar-refractivity contribution in [1.82, 2.24) is 31.9 Å². The third kappa shape index (κ3) is 11.6. The van der Waals surface area contributed by atoms with Crippen LogP contribution in [0.4, 0.5) is 5.69 Å². The molecule has 1 heterocycles. The van der Waals surface area contributed by atoms with Crippen molar-refractivity contribution in [1.29, 1.82) is 0 Å². The molecule has 0 aliphatic carbocycles. The lowest BCUT2D eigenvalue weighted by atomic mass is 10.0. The number of carbonyl (C=O) groups excluding carboxylic acids is 6. The molecule has 0 bridgehead atoms. The molecular weight excluding hydrogens is 656 g/mol. The molecule has 11 N–H and O–H groups in total. The van der Waals surface area contributed by atoms with Gasteiger partial charge in [0.1, 0.15) is 29.9 Å². The van der Waals surface area contributed by atoms with Crippen molar-refractivity contribution in [2.45, 2.75) is 56.3 Å². The second kappa shape index (κ2) is 18.7. The van der Waals surface area contributed by atoms with Crippen LogP contribution in [-0.2, 0) is 36.8 Å². The molecule has 0 unspecified atom stereocenters. The van der Waals surface area contributed by atoms with Crippen LogP contribution >= 0.6 is 0 Å². The number of nitrogens with one attached hydrogen (secondary N) is 6. The Morgan fingerprint density at radius 1 is 0.686 bits per heavy atom. The number of aromatic hydroxyl groups is 1. The summed E-state index contributed by atoms with van der Waals surface area (Å²) in [6.45, 7) is -0.572. The Kier molecular flexibility index (Phi) is 13.9. The van der Waals surface area contributed by atoms with E-state index >= 15 is 0 Å². The van der Waals surface area contributed by atoms with Crippen LogP contribution in [-0.4, -0.2) is 84.4 Å². The highest BCUT2D eigenvalue weighted by atomic mass is 16.3. The predicted molar refractivity (Wildman–Crippen MR) is 189 cm³/mol. The van der Waals surface area contributed by atoms with Gasteiger partial charge in [-0.3, -0.25) is 28.8 Å². The number of anilines is 1. The lowest BCUT2D eigenvalue weighted by Crippen LogP contribution is -2.60. The van der Waals surface area contributed by atoms with Crippen molar-refractivity contribution < 1.29 is 33.9 Å². The first-order chi connectivity index (χ1) is 24.5. The van der Waals surface area contributed by atoms with E-state index in [0.29, 0.717) is 30.5 Å². The third-order valence-corrected chi connectivity index (χ3v) is 8.25. The molecule has 1 saturated heterocycles. The molecule has 0 spiro atoms. The molecule has 3 aromatic rings. The molecule has 1 aliphatic rings. The molecule has 15 heteroatoms. The Hall–Kier alpha value is -5.96. The highest BCUT2D eigenvalue weighted by Gasteiger charge is 2.33. The number of rotatable bonds is 11. The monoisotopic (exact) mass is 700 g/mol. The van der Waals surface area contributed by atoms with E-state index in [9.17, 15) is 33.9 Å². The molecule has 15 nitrogen and oxygen atoms in total. The third-order valence-electron chi connectivity index (χ3n) is 8.25. The molecule has 6 amide bonds. The topological polar surface area (TPSA) is 247 Å². The van der Waals surface area contributed by atoms with Crippen molar-refractivity contribution in [2.24, 2.45) is 5.73 Å². The van der Waals surface area contributed by atoms with Crippen LogP contribution in [0.2, 0.25) is 0 Å². The molecule has 1 fully saturated rings. The maximum atomic E-state index is 13.9. The number of unbranched alkanes of at least 4 members (excludes halogenated alkanes) is 1. The maximum Gasteiger partial charge on any atom is 0.253 e. The first-order valence-corrected chi connectivity index (χ1v) is 16.7. The van der Waals surface area contributed by atoms with Gasteiger partial charge in [0.25, 0.3) is 5.91 Å². The smallest absolute Gasteiger partial charge is 0.253 e. The Balaban J connectivity index is 1.67. The average molecular weight is 701 g/mol. The van der Waals surface area contributed by atoms with Gasteiger partial charge in [-0.05, 0) is 61.2 Å². The van der Waals surface area contributed by atoms with Crippen molar-refractivity contribution in [3.8, 4) is 5.75 Å². The van der Waals surface area contributed by atoms with Crippen LogP contribution in [0, 0.1) is 0 Å². The summed E-state index contributed by atoms with van der Waals surface area (Å²) in [6, 6.07) is 16.3. The van der Waals surface area contributed by atoms with Crippen LogP contribution in [0.5, 0.6) is 5.75 Å². The van der Waals surface area contributed by atoms with Crippen LogP contribution < -0.4 is 43.4 Å². The van der Waals surface area contributed by atoms with Crippen molar-refractivity contribution in [2.75, 3.05) is 25.4 Å². The highest BCUT2D eigenvalue weighted by Crippen LogP contribution is 2.13. The Morgan fingerprint density at radius 3 is 1.94 bits per heavy atom. The fourth-order valence-corrected chi connectivity index (χ4v) is 5.45. The number of amides is 6. The van der Waals surface area contributed by atoms with Crippen LogP contribution in [0.25, 0.3) is 0 Å². The zero-order valence-electron chi connectivity index (χ0n) is 28.0. The fourth-order valence-electron chi connectivity index (χ4n) is 5.45. The minimum atomic E-state index is -1.40. The molecule has 4 atom stereocenters. The summed E-state index contributed by atoms with van der Waals surface area (Å²) in [4.78, 5) is 81.1. The predicted octanol–water partition coefficient (Wildman–Crippen LogP) is -0.612. The largest absolute Gasteiger partial charge is 0.508 e.